The first-order chi connectivity index (χ1) is 11.1. The minimum absolute atomic E-state index is 0.303. The normalized spacial score (nSPS) is 9.74. The highest BCUT2D eigenvalue weighted by molar-refractivity contribution is 5.91. The van der Waals surface area contributed by atoms with Crippen LogP contribution in [-0.4, -0.2) is 11.9 Å². The van der Waals surface area contributed by atoms with Gasteiger partial charge in [0.05, 0.1) is 12.1 Å². The molecule has 2 aromatic carbocycles. The van der Waals surface area contributed by atoms with E-state index in [2.05, 4.69) is 4.85 Å². The van der Waals surface area contributed by atoms with E-state index in [1.807, 2.05) is 6.92 Å². The molecule has 0 N–H and O–H groups in total. The van der Waals surface area contributed by atoms with Crippen molar-refractivity contribution in [2.45, 2.75) is 19.8 Å². The molecular formula is C18H15NO4. The molecule has 5 heteroatoms. The van der Waals surface area contributed by atoms with Crippen LogP contribution in [0.3, 0.4) is 0 Å². The Kier molecular flexibility index (Phi) is 5.48. The van der Waals surface area contributed by atoms with Gasteiger partial charge in [-0.3, -0.25) is 4.79 Å². The Labute approximate surface area is 134 Å². The van der Waals surface area contributed by atoms with Gasteiger partial charge in [-0.25, -0.2) is 9.64 Å². The van der Waals surface area contributed by atoms with Crippen molar-refractivity contribution < 1.29 is 19.1 Å². The topological polar surface area (TPSA) is 57.0 Å². The van der Waals surface area contributed by atoms with Gasteiger partial charge < -0.3 is 9.47 Å². The Hall–Kier alpha value is -3.13. The fourth-order valence-electron chi connectivity index (χ4n) is 1.80. The van der Waals surface area contributed by atoms with Crippen LogP contribution in [0.4, 0.5) is 5.69 Å². The summed E-state index contributed by atoms with van der Waals surface area (Å²) in [5.74, 6) is -0.0722. The molecule has 0 unspecified atom stereocenters. The van der Waals surface area contributed by atoms with Crippen LogP contribution in [0, 0.1) is 6.57 Å². The highest BCUT2D eigenvalue weighted by Crippen LogP contribution is 2.20. The van der Waals surface area contributed by atoms with E-state index in [0.29, 0.717) is 29.2 Å². The number of esters is 2. The minimum atomic E-state index is -0.521. The summed E-state index contributed by atoms with van der Waals surface area (Å²) in [6.45, 7) is 8.76. The molecule has 0 aliphatic rings. The molecule has 116 valence electrons. The van der Waals surface area contributed by atoms with Gasteiger partial charge in [0.15, 0.2) is 5.69 Å². The van der Waals surface area contributed by atoms with Crippen molar-refractivity contribution in [1.29, 1.82) is 0 Å². The zero-order valence-electron chi connectivity index (χ0n) is 12.6. The number of rotatable bonds is 5. The molecule has 0 amide bonds. The fraction of sp³-hybridized carbons (Fsp3) is 0.167. The number of carbonyl (C=O) groups excluding carboxylic acids is 2. The number of nitrogens with zero attached hydrogens (tertiary/aromatic N) is 1. The fourth-order valence-corrected chi connectivity index (χ4v) is 1.80. The molecule has 0 bridgehead atoms. The van der Waals surface area contributed by atoms with Crippen LogP contribution in [0.15, 0.2) is 48.5 Å². The lowest BCUT2D eigenvalue weighted by atomic mass is 10.2. The van der Waals surface area contributed by atoms with Crippen molar-refractivity contribution in [2.75, 3.05) is 0 Å². The van der Waals surface area contributed by atoms with Gasteiger partial charge in [-0.1, -0.05) is 19.1 Å². The van der Waals surface area contributed by atoms with Crippen molar-refractivity contribution >= 4 is 17.6 Å². The van der Waals surface area contributed by atoms with E-state index in [1.54, 1.807) is 36.4 Å². The van der Waals surface area contributed by atoms with E-state index in [1.165, 1.54) is 12.1 Å². The monoisotopic (exact) mass is 309 g/mol. The van der Waals surface area contributed by atoms with Crippen LogP contribution in [-0.2, 0) is 4.79 Å². The van der Waals surface area contributed by atoms with Crippen molar-refractivity contribution in [3.63, 3.8) is 0 Å². The van der Waals surface area contributed by atoms with Crippen LogP contribution in [0.1, 0.15) is 30.1 Å². The van der Waals surface area contributed by atoms with Gasteiger partial charge in [-0.15, -0.1) is 0 Å². The Morgan fingerprint density at radius 1 is 0.957 bits per heavy atom. The third kappa shape index (κ3) is 4.68. The molecule has 2 aromatic rings. The molecule has 0 fully saturated rings. The van der Waals surface area contributed by atoms with E-state index >= 15 is 0 Å². The van der Waals surface area contributed by atoms with Crippen molar-refractivity contribution in [2.24, 2.45) is 0 Å². The summed E-state index contributed by atoms with van der Waals surface area (Å²) in [5, 5.41) is 0. The molecule has 23 heavy (non-hydrogen) atoms. The number of hydrogen-bond acceptors (Lipinski definition) is 4. The average molecular weight is 309 g/mol. The first-order valence-electron chi connectivity index (χ1n) is 7.13. The quantitative estimate of drug-likeness (QED) is 0.473. The van der Waals surface area contributed by atoms with Crippen molar-refractivity contribution in [3.05, 3.63) is 65.5 Å². The number of ether oxygens (including phenoxy) is 2. The van der Waals surface area contributed by atoms with Crippen LogP contribution in [0.25, 0.3) is 4.85 Å². The second kappa shape index (κ2) is 7.76. The van der Waals surface area contributed by atoms with Gasteiger partial charge in [-0.05, 0) is 42.8 Å². The molecule has 0 aliphatic carbocycles. The first kappa shape index (κ1) is 16.2. The summed E-state index contributed by atoms with van der Waals surface area (Å²) in [6.07, 6.45) is 1.07. The predicted molar refractivity (Wildman–Crippen MR) is 84.6 cm³/mol. The lowest BCUT2D eigenvalue weighted by molar-refractivity contribution is -0.134. The van der Waals surface area contributed by atoms with E-state index in [9.17, 15) is 9.59 Å². The molecule has 2 rings (SSSR count). The van der Waals surface area contributed by atoms with E-state index in [4.69, 9.17) is 16.0 Å². The standard InChI is InChI=1S/C18H15NO4/c1-3-4-17(20)22-15-9-5-13(6-10-15)18(21)23-16-11-7-14(19-2)8-12-16/h5-12H,3-4H2,1H3. The largest absolute Gasteiger partial charge is 0.427 e. The molecule has 0 spiro atoms. The molecule has 0 radical (unpaired) electrons. The van der Waals surface area contributed by atoms with Crippen LogP contribution >= 0.6 is 0 Å². The zero-order valence-corrected chi connectivity index (χ0v) is 12.6. The van der Waals surface area contributed by atoms with E-state index < -0.39 is 5.97 Å². The zero-order chi connectivity index (χ0) is 16.7. The van der Waals surface area contributed by atoms with E-state index in [-0.39, 0.29) is 5.97 Å². The maximum atomic E-state index is 12.0. The lowest BCUT2D eigenvalue weighted by Gasteiger charge is -2.06. The summed E-state index contributed by atoms with van der Waals surface area (Å²) in [6, 6.07) is 12.4. The van der Waals surface area contributed by atoms with Crippen LogP contribution in [0.5, 0.6) is 11.5 Å². The molecule has 0 saturated heterocycles. The maximum Gasteiger partial charge on any atom is 0.343 e. The predicted octanol–water partition coefficient (Wildman–Crippen LogP) is 4.16. The SMILES string of the molecule is [C-]#[N+]c1ccc(OC(=O)c2ccc(OC(=O)CCC)cc2)cc1. The summed E-state index contributed by atoms with van der Waals surface area (Å²) in [7, 11) is 0. The van der Waals surface area contributed by atoms with Gasteiger partial charge in [0, 0.05) is 6.42 Å². The number of benzene rings is 2. The molecule has 0 aromatic heterocycles. The average Bonchev–Trinajstić information content (AvgIpc) is 2.56. The summed E-state index contributed by atoms with van der Waals surface area (Å²) >= 11 is 0. The smallest absolute Gasteiger partial charge is 0.343 e. The number of carbonyl (C=O) groups is 2. The molecule has 0 heterocycles. The third-order valence-electron chi connectivity index (χ3n) is 2.95. The van der Waals surface area contributed by atoms with Crippen molar-refractivity contribution in [1.82, 2.24) is 0 Å². The van der Waals surface area contributed by atoms with Crippen LogP contribution in [0.2, 0.25) is 0 Å². The Morgan fingerprint density at radius 3 is 2.09 bits per heavy atom. The maximum absolute atomic E-state index is 12.0. The molecule has 5 nitrogen and oxygen atoms in total. The highest BCUT2D eigenvalue weighted by Gasteiger charge is 2.10. The third-order valence-corrected chi connectivity index (χ3v) is 2.95. The van der Waals surface area contributed by atoms with Crippen molar-refractivity contribution in [3.8, 4) is 11.5 Å². The first-order valence-corrected chi connectivity index (χ1v) is 7.13. The molecule has 0 aliphatic heterocycles. The molecular weight excluding hydrogens is 294 g/mol. The second-order valence-electron chi connectivity index (χ2n) is 4.74. The number of hydrogen-bond donors (Lipinski definition) is 0. The van der Waals surface area contributed by atoms with Crippen LogP contribution < -0.4 is 9.47 Å². The highest BCUT2D eigenvalue weighted by atomic mass is 16.5. The van der Waals surface area contributed by atoms with Gasteiger partial charge >= 0.3 is 11.9 Å². The summed E-state index contributed by atoms with van der Waals surface area (Å²) < 4.78 is 10.3. The summed E-state index contributed by atoms with van der Waals surface area (Å²) in [5.41, 5.74) is 0.817. The minimum Gasteiger partial charge on any atom is -0.427 e. The van der Waals surface area contributed by atoms with Gasteiger partial charge in [-0.2, -0.15) is 0 Å². The van der Waals surface area contributed by atoms with Gasteiger partial charge in [0.1, 0.15) is 11.5 Å². The Bertz CT molecular complexity index is 727. The molecule has 0 saturated carbocycles. The van der Waals surface area contributed by atoms with Gasteiger partial charge in [0.25, 0.3) is 0 Å². The van der Waals surface area contributed by atoms with Gasteiger partial charge in [0.2, 0.25) is 0 Å². The lowest BCUT2D eigenvalue weighted by Crippen LogP contribution is -2.09. The Morgan fingerprint density at radius 2 is 1.52 bits per heavy atom. The summed E-state index contributed by atoms with van der Waals surface area (Å²) in [4.78, 5) is 26.7. The second-order valence-corrected chi connectivity index (χ2v) is 4.74. The van der Waals surface area contributed by atoms with E-state index in [0.717, 1.165) is 6.42 Å². The Balaban J connectivity index is 1.99. The molecule has 0 atom stereocenters.